The van der Waals surface area contributed by atoms with Crippen molar-refractivity contribution in [1.82, 2.24) is 9.88 Å². The van der Waals surface area contributed by atoms with Gasteiger partial charge in [0.25, 0.3) is 5.91 Å². The SMILES string of the molecule is COc1cc([C@H]2c3sc(=O)[nH]c3SC3C4CC(C5C(=O)N(C(CC(C)C)C(=O)O)C(=O)C45)C32)ccc1OCC(=O)Nc1ccc(Cl)c(Cl)c1. The Labute approximate surface area is 299 Å². The number of aromatic nitrogens is 1. The number of aromatic amines is 1. The molecule has 2 bridgehead atoms. The van der Waals surface area contributed by atoms with Crippen molar-refractivity contribution in [2.45, 2.75) is 48.9 Å². The van der Waals surface area contributed by atoms with Crippen molar-refractivity contribution in [3.8, 4) is 11.5 Å². The van der Waals surface area contributed by atoms with E-state index < -0.39 is 35.7 Å². The van der Waals surface area contributed by atoms with E-state index in [1.54, 1.807) is 30.0 Å². The van der Waals surface area contributed by atoms with Crippen LogP contribution in [0, 0.1) is 35.5 Å². The lowest BCUT2D eigenvalue weighted by molar-refractivity contribution is -0.156. The number of hydrogen-bond donors (Lipinski definition) is 3. The minimum Gasteiger partial charge on any atom is -0.493 e. The van der Waals surface area contributed by atoms with Crippen LogP contribution in [0.2, 0.25) is 10.0 Å². The first-order valence-electron chi connectivity index (χ1n) is 15.9. The fourth-order valence-electron chi connectivity index (χ4n) is 8.39. The molecule has 2 aromatic carbocycles. The lowest BCUT2D eigenvalue weighted by atomic mass is 9.68. The summed E-state index contributed by atoms with van der Waals surface area (Å²) in [4.78, 5) is 70.2. The van der Waals surface area contributed by atoms with Crippen LogP contribution in [0.5, 0.6) is 11.5 Å². The number of likely N-dealkylation sites (tertiary alicyclic amines) is 1. The fraction of sp³-hybridized carbons (Fsp3) is 0.441. The largest absolute Gasteiger partial charge is 0.493 e. The molecule has 8 atom stereocenters. The molecule has 3 fully saturated rings. The van der Waals surface area contributed by atoms with Crippen molar-refractivity contribution in [3.63, 3.8) is 0 Å². The summed E-state index contributed by atoms with van der Waals surface area (Å²) in [5, 5.41) is 14.1. The van der Waals surface area contributed by atoms with E-state index in [9.17, 15) is 29.1 Å². The number of thioether (sulfide) groups is 1. The van der Waals surface area contributed by atoms with Gasteiger partial charge in [-0.2, -0.15) is 0 Å². The number of amides is 3. The van der Waals surface area contributed by atoms with E-state index in [-0.39, 0.29) is 58.6 Å². The zero-order valence-corrected chi connectivity index (χ0v) is 29.8. The summed E-state index contributed by atoms with van der Waals surface area (Å²) >= 11 is 14.7. The van der Waals surface area contributed by atoms with Crippen molar-refractivity contribution < 1.29 is 33.8 Å². The van der Waals surface area contributed by atoms with Crippen molar-refractivity contribution in [1.29, 1.82) is 0 Å². The quantitative estimate of drug-likeness (QED) is 0.220. The molecule has 7 rings (SSSR count). The predicted octanol–water partition coefficient (Wildman–Crippen LogP) is 5.74. The average molecular weight is 747 g/mol. The predicted molar refractivity (Wildman–Crippen MR) is 185 cm³/mol. The van der Waals surface area contributed by atoms with Crippen LogP contribution in [0.1, 0.15) is 43.0 Å². The smallest absolute Gasteiger partial charge is 0.326 e. The van der Waals surface area contributed by atoms with Gasteiger partial charge in [0.1, 0.15) is 6.04 Å². The number of nitrogens with zero attached hydrogens (tertiary/aromatic N) is 1. The van der Waals surface area contributed by atoms with Gasteiger partial charge in [-0.15, -0.1) is 11.8 Å². The zero-order chi connectivity index (χ0) is 34.9. The van der Waals surface area contributed by atoms with E-state index in [0.29, 0.717) is 33.7 Å². The third-order valence-corrected chi connectivity index (χ3v) is 13.5. The second-order valence-corrected chi connectivity index (χ2v) is 16.4. The maximum atomic E-state index is 14.0. The number of fused-ring (bicyclic) bond motifs is 9. The number of benzene rings is 2. The molecule has 3 aromatic rings. The van der Waals surface area contributed by atoms with E-state index in [2.05, 4.69) is 10.3 Å². The first-order chi connectivity index (χ1) is 23.4. The molecule has 11 nitrogen and oxygen atoms in total. The molecule has 15 heteroatoms. The number of nitrogens with one attached hydrogen (secondary N) is 2. The first-order valence-corrected chi connectivity index (χ1v) is 18.4. The van der Waals surface area contributed by atoms with Crippen LogP contribution in [0.4, 0.5) is 5.69 Å². The first kappa shape index (κ1) is 34.0. The summed E-state index contributed by atoms with van der Waals surface area (Å²) in [5.41, 5.74) is 1.31. The minimum atomic E-state index is -1.20. The number of aliphatic carboxylic acids is 1. The molecule has 49 heavy (non-hydrogen) atoms. The summed E-state index contributed by atoms with van der Waals surface area (Å²) in [6.45, 7) is 3.44. The highest BCUT2D eigenvalue weighted by molar-refractivity contribution is 8.00. The van der Waals surface area contributed by atoms with E-state index in [0.717, 1.165) is 31.7 Å². The van der Waals surface area contributed by atoms with Crippen molar-refractivity contribution in [2.75, 3.05) is 19.0 Å². The normalized spacial score (nSPS) is 27.1. The number of ether oxygens (including phenoxy) is 2. The molecule has 2 aliphatic carbocycles. The van der Waals surface area contributed by atoms with Crippen molar-refractivity contribution >= 4 is 75.7 Å². The highest BCUT2D eigenvalue weighted by Gasteiger charge is 2.70. The maximum absolute atomic E-state index is 14.0. The van der Waals surface area contributed by atoms with Crippen molar-refractivity contribution in [3.05, 3.63) is 66.6 Å². The van der Waals surface area contributed by atoms with E-state index in [1.165, 1.54) is 13.2 Å². The number of rotatable bonds is 10. The summed E-state index contributed by atoms with van der Waals surface area (Å²) in [5.74, 6) is -3.55. The standard InChI is InChI=1S/C34H33Cl2N3O8S2/c1-13(2)8-20(33(43)44)39-31(41)26-16-11-17(27(26)32(39)42)28-25(16)24(29-30(48-28)38-34(45)49-29)14-4-7-21(22(9-14)46-3)47-12-23(40)37-15-5-6-18(35)19(36)10-15/h4-7,9-10,13,16-17,20,24-28H,8,11-12H2,1-3H3,(H,37,40)(H,38,45)(H,43,44)/t16?,17?,20?,24-,25?,26?,27?,28?/m1/s1. The van der Waals surface area contributed by atoms with Gasteiger partial charge in [-0.3, -0.25) is 24.1 Å². The molecule has 2 aliphatic heterocycles. The highest BCUT2D eigenvalue weighted by atomic mass is 35.5. The third kappa shape index (κ3) is 5.82. The Bertz CT molecular complexity index is 1930. The molecule has 0 spiro atoms. The number of methoxy groups -OCH3 is 1. The molecule has 3 amide bonds. The van der Waals surface area contributed by atoms with Crippen LogP contribution in [0.25, 0.3) is 0 Å². The van der Waals surface area contributed by atoms with Gasteiger partial charge in [0, 0.05) is 21.7 Å². The van der Waals surface area contributed by atoms with Crippen LogP contribution in [-0.2, 0) is 19.2 Å². The molecule has 258 valence electrons. The zero-order valence-electron chi connectivity index (χ0n) is 26.6. The molecular formula is C34H33Cl2N3O8S2. The molecule has 2 saturated carbocycles. The number of halogens is 2. The molecule has 0 radical (unpaired) electrons. The number of carboxylic acid groups (broad SMARTS) is 1. The lowest BCUT2D eigenvalue weighted by Crippen LogP contribution is -2.47. The fourth-order valence-corrected chi connectivity index (χ4v) is 11.6. The number of anilines is 1. The molecule has 4 aliphatic rings. The Balaban J connectivity index is 1.17. The minimum absolute atomic E-state index is 0.0203. The summed E-state index contributed by atoms with van der Waals surface area (Å²) in [6, 6.07) is 8.97. The number of hydrogen-bond acceptors (Lipinski definition) is 9. The van der Waals surface area contributed by atoms with Gasteiger partial charge < -0.3 is 24.9 Å². The second kappa shape index (κ2) is 13.0. The topological polar surface area (TPSA) is 155 Å². The number of imide groups is 1. The second-order valence-electron chi connectivity index (χ2n) is 13.4. The number of carbonyl (C=O) groups is 4. The summed E-state index contributed by atoms with van der Waals surface area (Å²) in [6.07, 6.45) is 0.864. The van der Waals surface area contributed by atoms with Gasteiger partial charge in [-0.25, -0.2) is 4.79 Å². The Hall–Kier alpha value is -3.52. The number of carbonyl (C=O) groups excluding carboxylic acids is 3. The average Bonchev–Trinajstić information content (AvgIpc) is 3.79. The van der Waals surface area contributed by atoms with E-state index in [4.69, 9.17) is 32.7 Å². The molecule has 1 saturated heterocycles. The van der Waals surface area contributed by atoms with Gasteiger partial charge in [0.2, 0.25) is 11.8 Å². The highest BCUT2D eigenvalue weighted by Crippen LogP contribution is 2.68. The molecule has 3 N–H and O–H groups in total. The maximum Gasteiger partial charge on any atom is 0.326 e. The molecule has 3 heterocycles. The van der Waals surface area contributed by atoms with Gasteiger partial charge in [0.15, 0.2) is 18.1 Å². The summed E-state index contributed by atoms with van der Waals surface area (Å²) in [7, 11) is 1.50. The number of H-pyrrole nitrogens is 1. The van der Waals surface area contributed by atoms with Gasteiger partial charge in [0.05, 0.1) is 34.0 Å². The summed E-state index contributed by atoms with van der Waals surface area (Å²) < 4.78 is 11.5. The van der Waals surface area contributed by atoms with Gasteiger partial charge >= 0.3 is 10.8 Å². The van der Waals surface area contributed by atoms with Crippen LogP contribution in [0.3, 0.4) is 0 Å². The van der Waals surface area contributed by atoms with Crippen LogP contribution < -0.4 is 19.7 Å². The van der Waals surface area contributed by atoms with Crippen LogP contribution >= 0.6 is 46.3 Å². The Morgan fingerprint density at radius 2 is 1.78 bits per heavy atom. The van der Waals surface area contributed by atoms with E-state index >= 15 is 0 Å². The van der Waals surface area contributed by atoms with Gasteiger partial charge in [-0.1, -0.05) is 54.5 Å². The molecule has 1 aromatic heterocycles. The van der Waals surface area contributed by atoms with Crippen molar-refractivity contribution in [2.24, 2.45) is 35.5 Å². The Kier molecular flexibility index (Phi) is 9.00. The molecule has 7 unspecified atom stereocenters. The monoisotopic (exact) mass is 745 g/mol. The van der Waals surface area contributed by atoms with Gasteiger partial charge in [-0.05, 0) is 72.4 Å². The third-order valence-electron chi connectivity index (χ3n) is 10.2. The number of thiazole rings is 1. The number of carboxylic acids is 1. The Morgan fingerprint density at radius 3 is 2.45 bits per heavy atom. The van der Waals surface area contributed by atoms with Crippen LogP contribution in [0.15, 0.2) is 46.2 Å². The van der Waals surface area contributed by atoms with E-state index in [1.807, 2.05) is 26.0 Å². The lowest BCUT2D eigenvalue weighted by Gasteiger charge is -2.43. The van der Waals surface area contributed by atoms with Crippen LogP contribution in [-0.4, -0.2) is 63.7 Å². The Morgan fingerprint density at radius 1 is 1.04 bits per heavy atom. The molecular weight excluding hydrogens is 713 g/mol.